The second kappa shape index (κ2) is 5.17. The number of benzene rings is 2. The summed E-state index contributed by atoms with van der Waals surface area (Å²) in [6.45, 7) is 1.44. The second-order valence-corrected chi connectivity index (χ2v) is 5.13. The van der Waals surface area contributed by atoms with Crippen LogP contribution in [0.1, 0.15) is 11.1 Å². The number of methoxy groups -OCH3 is 1. The number of hydrogen-bond acceptors (Lipinski definition) is 3. The van der Waals surface area contributed by atoms with Crippen LogP contribution >= 0.6 is 0 Å². The maximum atomic E-state index is 5.52. The molecule has 0 amide bonds. The normalized spacial score (nSPS) is 16.3. The molecule has 3 rings (SSSR count). The Hall–Kier alpha value is -2.00. The predicted octanol–water partition coefficient (Wildman–Crippen LogP) is 3.05. The SMILES string of the molecule is CNc1ccc(C2(c3cccc(OC)c3)COC2)cc1. The first-order valence-electron chi connectivity index (χ1n) is 6.79. The van der Waals surface area contributed by atoms with Gasteiger partial charge in [0, 0.05) is 12.7 Å². The molecule has 2 aromatic carbocycles. The van der Waals surface area contributed by atoms with E-state index in [-0.39, 0.29) is 5.41 Å². The molecule has 0 spiro atoms. The van der Waals surface area contributed by atoms with Crippen LogP contribution in [-0.4, -0.2) is 27.4 Å². The number of anilines is 1. The Morgan fingerprint density at radius 2 is 1.80 bits per heavy atom. The van der Waals surface area contributed by atoms with E-state index in [0.29, 0.717) is 0 Å². The van der Waals surface area contributed by atoms with Gasteiger partial charge >= 0.3 is 0 Å². The van der Waals surface area contributed by atoms with Crippen molar-refractivity contribution in [3.63, 3.8) is 0 Å². The van der Waals surface area contributed by atoms with Crippen molar-refractivity contribution >= 4 is 5.69 Å². The van der Waals surface area contributed by atoms with Gasteiger partial charge in [0.1, 0.15) is 5.75 Å². The van der Waals surface area contributed by atoms with Gasteiger partial charge in [-0.2, -0.15) is 0 Å². The fourth-order valence-corrected chi connectivity index (χ4v) is 2.68. The predicted molar refractivity (Wildman–Crippen MR) is 80.6 cm³/mol. The molecule has 1 fully saturated rings. The standard InChI is InChI=1S/C17H19NO2/c1-18-15-8-6-13(7-9-15)17(11-20-12-17)14-4-3-5-16(10-14)19-2/h3-10,18H,11-12H2,1-2H3. The molecule has 0 radical (unpaired) electrons. The van der Waals surface area contributed by atoms with Crippen LogP contribution in [-0.2, 0) is 10.2 Å². The quantitative estimate of drug-likeness (QED) is 0.925. The molecule has 0 saturated carbocycles. The summed E-state index contributed by atoms with van der Waals surface area (Å²) in [4.78, 5) is 0. The lowest BCUT2D eigenvalue weighted by atomic mass is 9.73. The van der Waals surface area contributed by atoms with Crippen molar-refractivity contribution < 1.29 is 9.47 Å². The van der Waals surface area contributed by atoms with E-state index in [9.17, 15) is 0 Å². The lowest BCUT2D eigenvalue weighted by molar-refractivity contribution is -0.0380. The highest BCUT2D eigenvalue weighted by Crippen LogP contribution is 2.40. The summed E-state index contributed by atoms with van der Waals surface area (Å²) in [5.41, 5.74) is 3.62. The van der Waals surface area contributed by atoms with Crippen LogP contribution in [0.2, 0.25) is 0 Å². The van der Waals surface area contributed by atoms with E-state index in [1.807, 2.05) is 19.2 Å². The number of rotatable bonds is 4. The van der Waals surface area contributed by atoms with E-state index in [1.54, 1.807) is 7.11 Å². The molecular formula is C17H19NO2. The first-order chi connectivity index (χ1) is 9.78. The lowest BCUT2D eigenvalue weighted by Gasteiger charge is -2.42. The van der Waals surface area contributed by atoms with Gasteiger partial charge in [-0.3, -0.25) is 0 Å². The third-order valence-corrected chi connectivity index (χ3v) is 4.05. The Balaban J connectivity index is 2.01. The van der Waals surface area contributed by atoms with Crippen molar-refractivity contribution in [1.29, 1.82) is 0 Å². The first-order valence-corrected chi connectivity index (χ1v) is 6.79. The van der Waals surface area contributed by atoms with E-state index in [1.165, 1.54) is 11.1 Å². The van der Waals surface area contributed by atoms with Crippen LogP contribution < -0.4 is 10.1 Å². The minimum Gasteiger partial charge on any atom is -0.497 e. The summed E-state index contributed by atoms with van der Waals surface area (Å²) < 4.78 is 10.9. The van der Waals surface area contributed by atoms with E-state index < -0.39 is 0 Å². The van der Waals surface area contributed by atoms with Crippen molar-refractivity contribution in [2.24, 2.45) is 0 Å². The largest absolute Gasteiger partial charge is 0.497 e. The second-order valence-electron chi connectivity index (χ2n) is 5.13. The fourth-order valence-electron chi connectivity index (χ4n) is 2.68. The highest BCUT2D eigenvalue weighted by molar-refractivity contribution is 5.50. The molecule has 1 aliphatic rings. The summed E-state index contributed by atoms with van der Waals surface area (Å²) in [6.07, 6.45) is 0. The maximum Gasteiger partial charge on any atom is 0.119 e. The molecule has 0 unspecified atom stereocenters. The molecule has 104 valence electrons. The Labute approximate surface area is 119 Å². The summed E-state index contributed by atoms with van der Waals surface area (Å²) in [5, 5.41) is 3.15. The topological polar surface area (TPSA) is 30.5 Å². The molecule has 1 saturated heterocycles. The molecular weight excluding hydrogens is 250 g/mol. The average Bonchev–Trinajstić information content (AvgIpc) is 2.47. The van der Waals surface area contributed by atoms with Crippen LogP contribution in [0.15, 0.2) is 48.5 Å². The maximum absolute atomic E-state index is 5.52. The molecule has 1 aliphatic heterocycles. The van der Waals surface area contributed by atoms with Gasteiger partial charge in [-0.05, 0) is 35.4 Å². The molecule has 0 aromatic heterocycles. The third kappa shape index (κ3) is 2.04. The zero-order valence-corrected chi connectivity index (χ0v) is 11.8. The molecule has 20 heavy (non-hydrogen) atoms. The van der Waals surface area contributed by atoms with E-state index >= 15 is 0 Å². The van der Waals surface area contributed by atoms with Gasteiger partial charge in [0.05, 0.1) is 25.7 Å². The molecule has 1 N–H and O–H groups in total. The molecule has 3 nitrogen and oxygen atoms in total. The average molecular weight is 269 g/mol. The van der Waals surface area contributed by atoms with Crippen LogP contribution in [0.4, 0.5) is 5.69 Å². The summed E-state index contributed by atoms with van der Waals surface area (Å²) >= 11 is 0. The van der Waals surface area contributed by atoms with Crippen LogP contribution in [0.25, 0.3) is 0 Å². The van der Waals surface area contributed by atoms with Gasteiger partial charge in [-0.1, -0.05) is 24.3 Å². The Kier molecular flexibility index (Phi) is 3.36. The van der Waals surface area contributed by atoms with Gasteiger partial charge in [0.15, 0.2) is 0 Å². The van der Waals surface area contributed by atoms with Gasteiger partial charge in [0.2, 0.25) is 0 Å². The van der Waals surface area contributed by atoms with Gasteiger partial charge in [0.25, 0.3) is 0 Å². The third-order valence-electron chi connectivity index (χ3n) is 4.05. The van der Waals surface area contributed by atoms with Gasteiger partial charge in [-0.15, -0.1) is 0 Å². The van der Waals surface area contributed by atoms with Crippen LogP contribution in [0.5, 0.6) is 5.75 Å². The summed E-state index contributed by atoms with van der Waals surface area (Å²) in [7, 11) is 3.63. The molecule has 0 aliphatic carbocycles. The molecule has 1 heterocycles. The van der Waals surface area contributed by atoms with Crippen molar-refractivity contribution in [3.8, 4) is 5.75 Å². The highest BCUT2D eigenvalue weighted by atomic mass is 16.5. The number of hydrogen-bond donors (Lipinski definition) is 1. The van der Waals surface area contributed by atoms with Crippen molar-refractivity contribution in [2.75, 3.05) is 32.7 Å². The zero-order valence-electron chi connectivity index (χ0n) is 11.8. The monoisotopic (exact) mass is 269 g/mol. The Morgan fingerprint density at radius 3 is 2.35 bits per heavy atom. The summed E-state index contributed by atoms with van der Waals surface area (Å²) in [5.74, 6) is 0.889. The van der Waals surface area contributed by atoms with Crippen LogP contribution in [0, 0.1) is 0 Å². The summed E-state index contributed by atoms with van der Waals surface area (Å²) in [6, 6.07) is 16.8. The van der Waals surface area contributed by atoms with Gasteiger partial charge in [-0.25, -0.2) is 0 Å². The Morgan fingerprint density at radius 1 is 1.05 bits per heavy atom. The number of ether oxygens (including phenoxy) is 2. The highest BCUT2D eigenvalue weighted by Gasteiger charge is 2.42. The molecule has 3 heteroatoms. The number of nitrogens with one attached hydrogen (secondary N) is 1. The van der Waals surface area contributed by atoms with Crippen molar-refractivity contribution in [2.45, 2.75) is 5.41 Å². The Bertz CT molecular complexity index is 588. The molecule has 0 atom stereocenters. The van der Waals surface area contributed by atoms with Crippen LogP contribution in [0.3, 0.4) is 0 Å². The molecule has 2 aromatic rings. The van der Waals surface area contributed by atoms with E-state index in [4.69, 9.17) is 9.47 Å². The van der Waals surface area contributed by atoms with E-state index in [2.05, 4.69) is 41.7 Å². The van der Waals surface area contributed by atoms with E-state index in [0.717, 1.165) is 24.7 Å². The molecule has 0 bridgehead atoms. The lowest BCUT2D eigenvalue weighted by Crippen LogP contribution is -2.47. The zero-order chi connectivity index (χ0) is 14.0. The minimum absolute atomic E-state index is 0.0409. The van der Waals surface area contributed by atoms with Gasteiger partial charge < -0.3 is 14.8 Å². The fraction of sp³-hybridized carbons (Fsp3) is 0.294. The van der Waals surface area contributed by atoms with Crippen molar-refractivity contribution in [1.82, 2.24) is 0 Å². The smallest absolute Gasteiger partial charge is 0.119 e. The van der Waals surface area contributed by atoms with Crippen molar-refractivity contribution in [3.05, 3.63) is 59.7 Å². The minimum atomic E-state index is -0.0409. The first kappa shape index (κ1) is 13.0.